The van der Waals surface area contributed by atoms with Gasteiger partial charge < -0.3 is 5.32 Å². The van der Waals surface area contributed by atoms with Crippen molar-refractivity contribution in [2.24, 2.45) is 5.92 Å². The summed E-state index contributed by atoms with van der Waals surface area (Å²) in [4.78, 5) is 16.2. The van der Waals surface area contributed by atoms with Gasteiger partial charge in [0.25, 0.3) is 0 Å². The van der Waals surface area contributed by atoms with E-state index in [-0.39, 0.29) is 11.8 Å². The Hall–Kier alpha value is -1.23. The summed E-state index contributed by atoms with van der Waals surface area (Å²) in [6.45, 7) is 6.16. The molecule has 2 heterocycles. The average molecular weight is 250 g/mol. The summed E-state index contributed by atoms with van der Waals surface area (Å²) in [5.41, 5.74) is 0. The molecule has 5 heteroatoms. The van der Waals surface area contributed by atoms with E-state index in [0.717, 1.165) is 25.3 Å². The lowest BCUT2D eigenvalue weighted by atomic mass is 9.93. The van der Waals surface area contributed by atoms with Crippen molar-refractivity contribution in [2.45, 2.75) is 45.6 Å². The second-order valence-corrected chi connectivity index (χ2v) is 5.35. The Bertz CT molecular complexity index is 393. The molecule has 1 atom stereocenters. The standard InChI is InChI=1S/C13H22N4O/c1-10(2)17-13(15-9-16-17)7-12(18)6-11-4-3-5-14-8-11/h9-11,14H,3-8H2,1-2H3. The number of piperidine rings is 1. The van der Waals surface area contributed by atoms with E-state index in [4.69, 9.17) is 0 Å². The van der Waals surface area contributed by atoms with Crippen molar-refractivity contribution in [3.05, 3.63) is 12.2 Å². The number of hydrogen-bond acceptors (Lipinski definition) is 4. The molecule has 18 heavy (non-hydrogen) atoms. The van der Waals surface area contributed by atoms with E-state index in [2.05, 4.69) is 15.4 Å². The van der Waals surface area contributed by atoms with Crippen LogP contribution in [0.1, 0.15) is 45.0 Å². The van der Waals surface area contributed by atoms with Gasteiger partial charge in [-0.1, -0.05) is 0 Å². The molecular weight excluding hydrogens is 228 g/mol. The fourth-order valence-corrected chi connectivity index (χ4v) is 2.50. The van der Waals surface area contributed by atoms with Crippen LogP contribution in [0, 0.1) is 5.92 Å². The molecule has 0 radical (unpaired) electrons. The number of nitrogens with one attached hydrogen (secondary N) is 1. The molecule has 0 aromatic carbocycles. The van der Waals surface area contributed by atoms with E-state index in [1.54, 1.807) is 0 Å². The molecule has 1 aromatic heterocycles. The molecule has 100 valence electrons. The molecule has 0 aliphatic carbocycles. The predicted molar refractivity (Wildman–Crippen MR) is 69.3 cm³/mol. The van der Waals surface area contributed by atoms with Gasteiger partial charge in [-0.15, -0.1) is 0 Å². The third-order valence-electron chi connectivity index (χ3n) is 3.41. The Kier molecular flexibility index (Phi) is 4.47. The molecule has 0 amide bonds. The van der Waals surface area contributed by atoms with Crippen LogP contribution in [-0.4, -0.2) is 33.6 Å². The van der Waals surface area contributed by atoms with E-state index in [0.29, 0.717) is 18.8 Å². The van der Waals surface area contributed by atoms with Crippen LogP contribution in [0.25, 0.3) is 0 Å². The van der Waals surface area contributed by atoms with E-state index in [1.807, 2.05) is 18.5 Å². The van der Waals surface area contributed by atoms with Gasteiger partial charge in [0.2, 0.25) is 0 Å². The summed E-state index contributed by atoms with van der Waals surface area (Å²) < 4.78 is 1.83. The molecule has 5 nitrogen and oxygen atoms in total. The van der Waals surface area contributed by atoms with Crippen molar-refractivity contribution >= 4 is 5.78 Å². The van der Waals surface area contributed by atoms with Crippen molar-refractivity contribution in [2.75, 3.05) is 13.1 Å². The molecular formula is C13H22N4O. The SMILES string of the molecule is CC(C)n1ncnc1CC(=O)CC1CCCNC1. The molecule has 1 aromatic rings. The minimum absolute atomic E-state index is 0.256. The van der Waals surface area contributed by atoms with Gasteiger partial charge in [-0.05, 0) is 45.7 Å². The minimum Gasteiger partial charge on any atom is -0.316 e. The highest BCUT2D eigenvalue weighted by atomic mass is 16.1. The van der Waals surface area contributed by atoms with Crippen molar-refractivity contribution < 1.29 is 4.79 Å². The summed E-state index contributed by atoms with van der Waals surface area (Å²) >= 11 is 0. The van der Waals surface area contributed by atoms with E-state index in [1.165, 1.54) is 12.7 Å². The zero-order chi connectivity index (χ0) is 13.0. The molecule has 0 spiro atoms. The predicted octanol–water partition coefficient (Wildman–Crippen LogP) is 1.36. The smallest absolute Gasteiger partial charge is 0.140 e. The van der Waals surface area contributed by atoms with Crippen molar-refractivity contribution in [3.8, 4) is 0 Å². The maximum Gasteiger partial charge on any atom is 0.140 e. The zero-order valence-electron chi connectivity index (χ0n) is 11.2. The highest BCUT2D eigenvalue weighted by molar-refractivity contribution is 5.80. The molecule has 1 N–H and O–H groups in total. The highest BCUT2D eigenvalue weighted by Gasteiger charge is 2.18. The minimum atomic E-state index is 0.256. The normalized spacial score (nSPS) is 20.3. The van der Waals surface area contributed by atoms with E-state index < -0.39 is 0 Å². The van der Waals surface area contributed by atoms with Crippen molar-refractivity contribution in [3.63, 3.8) is 0 Å². The second-order valence-electron chi connectivity index (χ2n) is 5.35. The first kappa shape index (κ1) is 13.2. The number of carbonyl (C=O) groups excluding carboxylic acids is 1. The number of hydrogen-bond donors (Lipinski definition) is 1. The quantitative estimate of drug-likeness (QED) is 0.857. The Labute approximate surface area is 108 Å². The molecule has 1 saturated heterocycles. The van der Waals surface area contributed by atoms with Crippen LogP contribution in [-0.2, 0) is 11.2 Å². The topological polar surface area (TPSA) is 59.8 Å². The van der Waals surface area contributed by atoms with Crippen LogP contribution in [0.5, 0.6) is 0 Å². The Morgan fingerprint density at radius 2 is 2.44 bits per heavy atom. The van der Waals surface area contributed by atoms with Crippen LogP contribution in [0.3, 0.4) is 0 Å². The number of carbonyl (C=O) groups is 1. The van der Waals surface area contributed by atoms with Gasteiger partial charge in [-0.25, -0.2) is 9.67 Å². The van der Waals surface area contributed by atoms with Crippen LogP contribution in [0.4, 0.5) is 0 Å². The first-order valence-corrected chi connectivity index (χ1v) is 6.77. The monoisotopic (exact) mass is 250 g/mol. The summed E-state index contributed by atoms with van der Waals surface area (Å²) in [6, 6.07) is 0.256. The number of rotatable bonds is 5. The Morgan fingerprint density at radius 1 is 1.61 bits per heavy atom. The number of Topliss-reactive ketones (excluding diaryl/α,β-unsaturated/α-hetero) is 1. The fourth-order valence-electron chi connectivity index (χ4n) is 2.50. The molecule has 0 saturated carbocycles. The maximum atomic E-state index is 12.0. The lowest BCUT2D eigenvalue weighted by molar-refractivity contribution is -0.119. The number of aromatic nitrogens is 3. The van der Waals surface area contributed by atoms with Crippen molar-refractivity contribution in [1.29, 1.82) is 0 Å². The lowest BCUT2D eigenvalue weighted by Gasteiger charge is -2.21. The Balaban J connectivity index is 1.88. The molecule has 1 aliphatic rings. The average Bonchev–Trinajstić information content (AvgIpc) is 2.78. The van der Waals surface area contributed by atoms with Crippen LogP contribution in [0.2, 0.25) is 0 Å². The van der Waals surface area contributed by atoms with Crippen LogP contribution >= 0.6 is 0 Å². The Morgan fingerprint density at radius 3 is 3.11 bits per heavy atom. The highest BCUT2D eigenvalue weighted by Crippen LogP contribution is 2.16. The molecule has 1 unspecified atom stereocenters. The van der Waals surface area contributed by atoms with Gasteiger partial charge in [0.05, 0.1) is 6.42 Å². The first-order valence-electron chi connectivity index (χ1n) is 6.77. The van der Waals surface area contributed by atoms with Crippen LogP contribution in [0.15, 0.2) is 6.33 Å². The zero-order valence-corrected chi connectivity index (χ0v) is 11.2. The van der Waals surface area contributed by atoms with Crippen LogP contribution < -0.4 is 5.32 Å². The van der Waals surface area contributed by atoms with Gasteiger partial charge in [-0.3, -0.25) is 4.79 Å². The van der Waals surface area contributed by atoms with Gasteiger partial charge >= 0.3 is 0 Å². The largest absolute Gasteiger partial charge is 0.316 e. The molecule has 1 fully saturated rings. The number of ketones is 1. The summed E-state index contributed by atoms with van der Waals surface area (Å²) in [5.74, 6) is 1.57. The third kappa shape index (κ3) is 3.38. The van der Waals surface area contributed by atoms with E-state index >= 15 is 0 Å². The van der Waals surface area contributed by atoms with E-state index in [9.17, 15) is 4.79 Å². The lowest BCUT2D eigenvalue weighted by Crippen LogP contribution is -2.31. The number of nitrogens with zero attached hydrogens (tertiary/aromatic N) is 3. The maximum absolute atomic E-state index is 12.0. The summed E-state index contributed by atoms with van der Waals surface area (Å²) in [5, 5.41) is 7.50. The molecule has 1 aliphatic heterocycles. The van der Waals surface area contributed by atoms with Gasteiger partial charge in [0.15, 0.2) is 0 Å². The molecule has 0 bridgehead atoms. The first-order chi connectivity index (χ1) is 8.66. The third-order valence-corrected chi connectivity index (χ3v) is 3.41. The van der Waals surface area contributed by atoms with Gasteiger partial charge in [0.1, 0.15) is 17.9 Å². The van der Waals surface area contributed by atoms with Gasteiger partial charge in [0, 0.05) is 12.5 Å². The van der Waals surface area contributed by atoms with Crippen molar-refractivity contribution in [1.82, 2.24) is 20.1 Å². The van der Waals surface area contributed by atoms with Gasteiger partial charge in [-0.2, -0.15) is 5.10 Å². The summed E-state index contributed by atoms with van der Waals surface area (Å²) in [7, 11) is 0. The fraction of sp³-hybridized carbons (Fsp3) is 0.769. The summed E-state index contributed by atoms with van der Waals surface area (Å²) in [6.07, 6.45) is 4.95. The second kappa shape index (κ2) is 6.09. The molecule has 2 rings (SSSR count).